The maximum Gasteiger partial charge on any atom is 0.0699 e. The van der Waals surface area contributed by atoms with Crippen LogP contribution in [0.3, 0.4) is 0 Å². The van der Waals surface area contributed by atoms with Crippen molar-refractivity contribution in [2.75, 3.05) is 6.61 Å². The Balaban J connectivity index is 3.03. The van der Waals surface area contributed by atoms with Crippen LogP contribution >= 0.6 is 0 Å². The van der Waals surface area contributed by atoms with Crippen LogP contribution in [0, 0.1) is 5.41 Å². The van der Waals surface area contributed by atoms with Crippen LogP contribution in [0.2, 0.25) is 0 Å². The fourth-order valence-corrected chi connectivity index (χ4v) is 1.22. The van der Waals surface area contributed by atoms with Crippen LogP contribution in [0.4, 0.5) is 0 Å². The predicted octanol–water partition coefficient (Wildman–Crippen LogP) is 1.34. The summed E-state index contributed by atoms with van der Waals surface area (Å²) in [4.78, 5) is 0. The van der Waals surface area contributed by atoms with Crippen molar-refractivity contribution < 1.29 is 5.11 Å². The lowest BCUT2D eigenvalue weighted by molar-refractivity contribution is 0.331. The largest absolute Gasteiger partial charge is 0.398 e. The van der Waals surface area contributed by atoms with Crippen LogP contribution in [0.15, 0.2) is 35.6 Å². The maximum atomic E-state index is 9.00. The third-order valence-corrected chi connectivity index (χ3v) is 1.89. The van der Waals surface area contributed by atoms with Crippen LogP contribution in [-0.2, 0) is 0 Å². The highest BCUT2D eigenvalue weighted by Crippen LogP contribution is 2.25. The summed E-state index contributed by atoms with van der Waals surface area (Å²) < 4.78 is 0. The molecule has 1 rings (SSSR count). The summed E-state index contributed by atoms with van der Waals surface area (Å²) in [5, 5.41) is 9.00. The standard InChI is InChI=1S/C10H15NO/c1-10(2)5-3-4-9(11)8(6-10)7-12/h3-6,12H,7,11H2,1-2H3. The fraction of sp³-hybridized carbons (Fsp3) is 0.400. The van der Waals surface area contributed by atoms with E-state index in [1.165, 1.54) is 0 Å². The molecule has 2 nitrogen and oxygen atoms in total. The molecule has 0 atom stereocenters. The number of hydrogen-bond acceptors (Lipinski definition) is 2. The third kappa shape index (κ3) is 1.98. The van der Waals surface area contributed by atoms with Gasteiger partial charge in [-0.05, 0) is 11.6 Å². The molecule has 0 aromatic carbocycles. The van der Waals surface area contributed by atoms with E-state index in [0.717, 1.165) is 5.57 Å². The van der Waals surface area contributed by atoms with Crippen molar-refractivity contribution in [2.45, 2.75) is 13.8 Å². The van der Waals surface area contributed by atoms with E-state index in [2.05, 4.69) is 19.9 Å². The molecule has 0 saturated carbocycles. The molecular formula is C10H15NO. The summed E-state index contributed by atoms with van der Waals surface area (Å²) in [5.74, 6) is 0. The second-order valence-electron chi connectivity index (χ2n) is 3.63. The van der Waals surface area contributed by atoms with Crippen LogP contribution in [0.1, 0.15) is 13.8 Å². The van der Waals surface area contributed by atoms with Gasteiger partial charge in [-0.25, -0.2) is 0 Å². The van der Waals surface area contributed by atoms with Crippen LogP contribution < -0.4 is 5.73 Å². The lowest BCUT2D eigenvalue weighted by Crippen LogP contribution is -2.08. The van der Waals surface area contributed by atoms with Crippen LogP contribution in [0.25, 0.3) is 0 Å². The van der Waals surface area contributed by atoms with E-state index >= 15 is 0 Å². The van der Waals surface area contributed by atoms with E-state index in [1.54, 1.807) is 0 Å². The summed E-state index contributed by atoms with van der Waals surface area (Å²) in [6.45, 7) is 4.16. The zero-order valence-electron chi connectivity index (χ0n) is 7.54. The summed E-state index contributed by atoms with van der Waals surface area (Å²) in [6, 6.07) is 0. The molecule has 0 spiro atoms. The van der Waals surface area contributed by atoms with E-state index in [1.807, 2.05) is 18.2 Å². The Bertz CT molecular complexity index is 259. The minimum atomic E-state index is -0.0182. The van der Waals surface area contributed by atoms with Gasteiger partial charge in [0.25, 0.3) is 0 Å². The predicted molar refractivity (Wildman–Crippen MR) is 50.4 cm³/mol. The molecule has 0 aromatic rings. The van der Waals surface area contributed by atoms with Gasteiger partial charge in [-0.2, -0.15) is 0 Å². The van der Waals surface area contributed by atoms with Gasteiger partial charge in [-0.15, -0.1) is 0 Å². The SMILES string of the molecule is CC1(C)C=CC=C(N)C(CO)=C1. The summed E-state index contributed by atoms with van der Waals surface area (Å²) in [6.07, 6.45) is 7.79. The van der Waals surface area contributed by atoms with Crippen molar-refractivity contribution in [3.8, 4) is 0 Å². The zero-order valence-corrected chi connectivity index (χ0v) is 7.54. The van der Waals surface area contributed by atoms with Crippen molar-refractivity contribution in [3.63, 3.8) is 0 Å². The summed E-state index contributed by atoms with van der Waals surface area (Å²) >= 11 is 0. The zero-order chi connectivity index (χ0) is 9.19. The molecule has 1 aliphatic carbocycles. The second-order valence-corrected chi connectivity index (χ2v) is 3.63. The average molecular weight is 165 g/mol. The van der Waals surface area contributed by atoms with Crippen LogP contribution in [0.5, 0.6) is 0 Å². The molecule has 0 bridgehead atoms. The van der Waals surface area contributed by atoms with Crippen molar-refractivity contribution in [1.29, 1.82) is 0 Å². The lowest BCUT2D eigenvalue weighted by atomic mass is 9.91. The van der Waals surface area contributed by atoms with E-state index < -0.39 is 0 Å². The molecule has 0 aliphatic heterocycles. The molecule has 12 heavy (non-hydrogen) atoms. The highest BCUT2D eigenvalue weighted by atomic mass is 16.3. The molecule has 0 fully saturated rings. The highest BCUT2D eigenvalue weighted by molar-refractivity contribution is 5.37. The summed E-state index contributed by atoms with van der Waals surface area (Å²) in [5.41, 5.74) is 7.14. The molecule has 0 radical (unpaired) electrons. The van der Waals surface area contributed by atoms with E-state index in [0.29, 0.717) is 5.70 Å². The molecule has 1 aliphatic rings. The Kier molecular flexibility index (Phi) is 2.38. The van der Waals surface area contributed by atoms with Gasteiger partial charge in [0.05, 0.1) is 6.61 Å². The third-order valence-electron chi connectivity index (χ3n) is 1.89. The first kappa shape index (κ1) is 9.07. The van der Waals surface area contributed by atoms with Gasteiger partial charge in [-0.1, -0.05) is 32.1 Å². The minimum absolute atomic E-state index is 0.00738. The number of allylic oxidation sites excluding steroid dienone is 4. The number of aliphatic hydroxyl groups is 1. The Morgan fingerprint density at radius 3 is 2.75 bits per heavy atom. The van der Waals surface area contributed by atoms with Gasteiger partial charge in [-0.3, -0.25) is 0 Å². The molecule has 0 saturated heterocycles. The Hall–Kier alpha value is -1.02. The number of aliphatic hydroxyl groups excluding tert-OH is 1. The fourth-order valence-electron chi connectivity index (χ4n) is 1.22. The Morgan fingerprint density at radius 1 is 1.50 bits per heavy atom. The van der Waals surface area contributed by atoms with Crippen molar-refractivity contribution >= 4 is 0 Å². The van der Waals surface area contributed by atoms with Gasteiger partial charge in [0.1, 0.15) is 0 Å². The molecule has 0 amide bonds. The van der Waals surface area contributed by atoms with Crippen LogP contribution in [-0.4, -0.2) is 11.7 Å². The summed E-state index contributed by atoms with van der Waals surface area (Å²) in [7, 11) is 0. The first-order chi connectivity index (χ1) is 5.55. The van der Waals surface area contributed by atoms with Crippen molar-refractivity contribution in [1.82, 2.24) is 0 Å². The highest BCUT2D eigenvalue weighted by Gasteiger charge is 2.14. The number of hydrogen-bond donors (Lipinski definition) is 2. The van der Waals surface area contributed by atoms with Gasteiger partial charge >= 0.3 is 0 Å². The smallest absolute Gasteiger partial charge is 0.0699 e. The topological polar surface area (TPSA) is 46.2 Å². The molecule has 0 heterocycles. The normalized spacial score (nSPS) is 21.2. The van der Waals surface area contributed by atoms with Crippen molar-refractivity contribution in [2.24, 2.45) is 11.1 Å². The molecule has 66 valence electrons. The second kappa shape index (κ2) is 3.15. The molecule has 0 aromatic heterocycles. The van der Waals surface area contributed by atoms with Gasteiger partial charge in [0.2, 0.25) is 0 Å². The number of nitrogens with two attached hydrogens (primary N) is 1. The monoisotopic (exact) mass is 165 g/mol. The number of rotatable bonds is 1. The van der Waals surface area contributed by atoms with Gasteiger partial charge < -0.3 is 10.8 Å². The van der Waals surface area contributed by atoms with E-state index in [-0.39, 0.29) is 12.0 Å². The first-order valence-electron chi connectivity index (χ1n) is 4.03. The quantitative estimate of drug-likeness (QED) is 0.616. The maximum absolute atomic E-state index is 9.00. The average Bonchev–Trinajstić information content (AvgIpc) is 2.10. The Morgan fingerprint density at radius 2 is 2.17 bits per heavy atom. The first-order valence-corrected chi connectivity index (χ1v) is 4.03. The minimum Gasteiger partial charge on any atom is -0.398 e. The molecular weight excluding hydrogens is 150 g/mol. The van der Waals surface area contributed by atoms with E-state index in [9.17, 15) is 0 Å². The molecule has 3 N–H and O–H groups in total. The lowest BCUT2D eigenvalue weighted by Gasteiger charge is -2.15. The van der Waals surface area contributed by atoms with E-state index in [4.69, 9.17) is 10.8 Å². The van der Waals surface area contributed by atoms with Gasteiger partial charge in [0, 0.05) is 11.1 Å². The molecule has 2 heteroatoms. The van der Waals surface area contributed by atoms with Crippen molar-refractivity contribution in [3.05, 3.63) is 35.6 Å². The Labute approximate surface area is 73.1 Å². The molecule has 0 unspecified atom stereocenters. The van der Waals surface area contributed by atoms with Gasteiger partial charge in [0.15, 0.2) is 0 Å².